The van der Waals surface area contributed by atoms with Crippen molar-refractivity contribution >= 4 is 0 Å². The Kier molecular flexibility index (Phi) is 4.82. The van der Waals surface area contributed by atoms with Gasteiger partial charge in [0.05, 0.1) is 13.7 Å². The van der Waals surface area contributed by atoms with Gasteiger partial charge in [0.15, 0.2) is 11.5 Å². The highest BCUT2D eigenvalue weighted by molar-refractivity contribution is 5.43. The molecular weight excluding hydrogens is 216 g/mol. The van der Waals surface area contributed by atoms with Gasteiger partial charge in [-0.05, 0) is 36.5 Å². The number of ether oxygens (including phenoxy) is 2. The van der Waals surface area contributed by atoms with Crippen molar-refractivity contribution in [1.82, 2.24) is 0 Å². The number of rotatable bonds is 6. The lowest BCUT2D eigenvalue weighted by Gasteiger charge is -2.22. The van der Waals surface area contributed by atoms with Crippen molar-refractivity contribution < 1.29 is 14.6 Å². The molecule has 0 aliphatic heterocycles. The van der Waals surface area contributed by atoms with Crippen molar-refractivity contribution in [1.29, 1.82) is 0 Å². The first-order valence-electron chi connectivity index (χ1n) is 5.93. The van der Waals surface area contributed by atoms with Gasteiger partial charge in [-0.15, -0.1) is 0 Å². The molecule has 0 radical (unpaired) electrons. The molecule has 0 atom stereocenters. The van der Waals surface area contributed by atoms with Crippen molar-refractivity contribution in [2.45, 2.75) is 27.2 Å². The zero-order valence-corrected chi connectivity index (χ0v) is 11.1. The summed E-state index contributed by atoms with van der Waals surface area (Å²) in [5.74, 6) is 1.51. The van der Waals surface area contributed by atoms with E-state index in [1.807, 2.05) is 39.0 Å². The molecule has 3 nitrogen and oxygen atoms in total. The number of aliphatic hydroxyl groups excluding tert-OH is 1. The summed E-state index contributed by atoms with van der Waals surface area (Å²) in [4.78, 5) is 0. The van der Waals surface area contributed by atoms with Gasteiger partial charge in [-0.1, -0.05) is 19.9 Å². The van der Waals surface area contributed by atoms with Crippen molar-refractivity contribution in [2.75, 3.05) is 20.3 Å². The zero-order chi connectivity index (χ0) is 12.9. The second-order valence-electron chi connectivity index (χ2n) is 4.92. The second kappa shape index (κ2) is 5.92. The van der Waals surface area contributed by atoms with Crippen LogP contribution in [0.2, 0.25) is 0 Å². The SMILES string of the molecule is CCOc1cc(CC(C)(C)CO)ccc1OC. The zero-order valence-electron chi connectivity index (χ0n) is 11.1. The Bertz CT molecular complexity index is 358. The van der Waals surface area contributed by atoms with Crippen molar-refractivity contribution in [3.8, 4) is 11.5 Å². The lowest BCUT2D eigenvalue weighted by Crippen LogP contribution is -2.19. The first-order valence-corrected chi connectivity index (χ1v) is 5.93. The molecule has 0 unspecified atom stereocenters. The second-order valence-corrected chi connectivity index (χ2v) is 4.92. The van der Waals surface area contributed by atoms with Gasteiger partial charge >= 0.3 is 0 Å². The molecule has 0 saturated heterocycles. The Balaban J connectivity index is 2.91. The molecular formula is C14H22O3. The predicted octanol–water partition coefficient (Wildman–Crippen LogP) is 2.65. The summed E-state index contributed by atoms with van der Waals surface area (Å²) in [7, 11) is 1.63. The highest BCUT2D eigenvalue weighted by Gasteiger charge is 2.18. The molecule has 0 aliphatic carbocycles. The number of hydrogen-bond acceptors (Lipinski definition) is 3. The minimum atomic E-state index is -0.113. The predicted molar refractivity (Wildman–Crippen MR) is 68.7 cm³/mol. The summed E-state index contributed by atoms with van der Waals surface area (Å²) < 4.78 is 10.8. The highest BCUT2D eigenvalue weighted by atomic mass is 16.5. The monoisotopic (exact) mass is 238 g/mol. The maximum atomic E-state index is 9.27. The van der Waals surface area contributed by atoms with E-state index in [1.54, 1.807) is 7.11 Å². The van der Waals surface area contributed by atoms with Crippen LogP contribution in [0.25, 0.3) is 0 Å². The summed E-state index contributed by atoms with van der Waals surface area (Å²) in [6.07, 6.45) is 0.813. The van der Waals surface area contributed by atoms with Gasteiger partial charge in [-0.3, -0.25) is 0 Å². The lowest BCUT2D eigenvalue weighted by molar-refractivity contribution is 0.159. The van der Waals surface area contributed by atoms with Crippen LogP contribution in [0.15, 0.2) is 18.2 Å². The van der Waals surface area contributed by atoms with Crippen molar-refractivity contribution in [3.05, 3.63) is 23.8 Å². The third kappa shape index (κ3) is 3.93. The highest BCUT2D eigenvalue weighted by Crippen LogP contribution is 2.30. The van der Waals surface area contributed by atoms with Crippen LogP contribution in [0.4, 0.5) is 0 Å². The minimum absolute atomic E-state index is 0.113. The molecule has 0 spiro atoms. The molecule has 3 heteroatoms. The molecule has 0 amide bonds. The average molecular weight is 238 g/mol. The van der Waals surface area contributed by atoms with Gasteiger partial charge in [0, 0.05) is 6.61 Å². The van der Waals surface area contributed by atoms with Crippen LogP contribution >= 0.6 is 0 Å². The van der Waals surface area contributed by atoms with E-state index in [4.69, 9.17) is 9.47 Å². The fourth-order valence-electron chi connectivity index (χ4n) is 1.71. The Labute approximate surface area is 103 Å². The van der Waals surface area contributed by atoms with Gasteiger partial charge in [0.25, 0.3) is 0 Å². The van der Waals surface area contributed by atoms with Crippen LogP contribution < -0.4 is 9.47 Å². The van der Waals surface area contributed by atoms with Crippen LogP contribution in [0, 0.1) is 5.41 Å². The molecule has 1 rings (SSSR count). The van der Waals surface area contributed by atoms with E-state index in [9.17, 15) is 5.11 Å². The van der Waals surface area contributed by atoms with Crippen LogP contribution in [-0.2, 0) is 6.42 Å². The summed E-state index contributed by atoms with van der Waals surface area (Å²) in [6, 6.07) is 5.91. The van der Waals surface area contributed by atoms with Gasteiger partial charge in [-0.25, -0.2) is 0 Å². The van der Waals surface area contributed by atoms with Crippen LogP contribution in [-0.4, -0.2) is 25.4 Å². The third-order valence-electron chi connectivity index (χ3n) is 2.64. The molecule has 1 aromatic rings. The van der Waals surface area contributed by atoms with Crippen LogP contribution in [0.5, 0.6) is 11.5 Å². The smallest absolute Gasteiger partial charge is 0.161 e. The summed E-state index contributed by atoms with van der Waals surface area (Å²) >= 11 is 0. The maximum absolute atomic E-state index is 9.27. The maximum Gasteiger partial charge on any atom is 0.161 e. The standard InChI is InChI=1S/C14H22O3/c1-5-17-13-8-11(6-7-12(13)16-4)9-14(2,3)10-15/h6-8,15H,5,9-10H2,1-4H3. The summed E-state index contributed by atoms with van der Waals surface area (Å²) in [6.45, 7) is 6.81. The van der Waals surface area contributed by atoms with E-state index in [2.05, 4.69) is 0 Å². The lowest BCUT2D eigenvalue weighted by atomic mass is 9.87. The number of hydrogen-bond donors (Lipinski definition) is 1. The summed E-state index contributed by atoms with van der Waals surface area (Å²) in [5.41, 5.74) is 1.03. The fraction of sp³-hybridized carbons (Fsp3) is 0.571. The Morgan fingerprint density at radius 1 is 1.24 bits per heavy atom. The Hall–Kier alpha value is -1.22. The Morgan fingerprint density at radius 2 is 1.94 bits per heavy atom. The van der Waals surface area contributed by atoms with Gasteiger partial charge in [-0.2, -0.15) is 0 Å². The quantitative estimate of drug-likeness (QED) is 0.828. The van der Waals surface area contributed by atoms with E-state index in [1.165, 1.54) is 0 Å². The number of benzene rings is 1. The first kappa shape index (κ1) is 13.8. The molecule has 0 bridgehead atoms. The van der Waals surface area contributed by atoms with Gasteiger partial charge in [0.2, 0.25) is 0 Å². The van der Waals surface area contributed by atoms with Crippen LogP contribution in [0.3, 0.4) is 0 Å². The van der Waals surface area contributed by atoms with Gasteiger partial charge in [0.1, 0.15) is 0 Å². The first-order chi connectivity index (χ1) is 8.02. The Morgan fingerprint density at radius 3 is 2.47 bits per heavy atom. The molecule has 1 aromatic carbocycles. The molecule has 0 saturated carbocycles. The van der Waals surface area contributed by atoms with E-state index in [0.717, 1.165) is 23.5 Å². The third-order valence-corrected chi connectivity index (χ3v) is 2.64. The van der Waals surface area contributed by atoms with E-state index >= 15 is 0 Å². The van der Waals surface area contributed by atoms with E-state index < -0.39 is 0 Å². The molecule has 0 heterocycles. The molecule has 0 aromatic heterocycles. The van der Waals surface area contributed by atoms with Crippen LogP contribution in [0.1, 0.15) is 26.3 Å². The summed E-state index contributed by atoms with van der Waals surface area (Å²) in [5, 5.41) is 9.27. The average Bonchev–Trinajstić information content (AvgIpc) is 2.29. The minimum Gasteiger partial charge on any atom is -0.493 e. The van der Waals surface area contributed by atoms with Gasteiger partial charge < -0.3 is 14.6 Å². The fourth-order valence-corrected chi connectivity index (χ4v) is 1.71. The normalized spacial score (nSPS) is 11.4. The molecule has 1 N–H and O–H groups in total. The molecule has 17 heavy (non-hydrogen) atoms. The number of methoxy groups -OCH3 is 1. The van der Waals surface area contributed by atoms with Crippen molar-refractivity contribution in [3.63, 3.8) is 0 Å². The van der Waals surface area contributed by atoms with E-state index in [0.29, 0.717) is 6.61 Å². The molecule has 0 fully saturated rings. The number of aliphatic hydroxyl groups is 1. The van der Waals surface area contributed by atoms with E-state index in [-0.39, 0.29) is 12.0 Å². The molecule has 96 valence electrons. The van der Waals surface area contributed by atoms with Crippen molar-refractivity contribution in [2.24, 2.45) is 5.41 Å². The topological polar surface area (TPSA) is 38.7 Å². The molecule has 0 aliphatic rings. The largest absolute Gasteiger partial charge is 0.493 e.